The van der Waals surface area contributed by atoms with E-state index in [4.69, 9.17) is 4.74 Å². The van der Waals surface area contributed by atoms with Crippen LogP contribution in [0.15, 0.2) is 77.7 Å². The normalized spacial score (nSPS) is 10.1. The first-order valence-corrected chi connectivity index (χ1v) is 7.04. The van der Waals surface area contributed by atoms with E-state index in [1.807, 2.05) is 30.3 Å². The fourth-order valence-corrected chi connectivity index (χ4v) is 2.06. The number of hydrogen-bond acceptors (Lipinski definition) is 3. The van der Waals surface area contributed by atoms with Gasteiger partial charge in [-0.25, -0.2) is 0 Å². The van der Waals surface area contributed by atoms with E-state index in [9.17, 15) is 9.59 Å². The van der Waals surface area contributed by atoms with Crippen LogP contribution < -0.4 is 15.6 Å². The molecule has 3 aromatic rings. The standard InChI is InChI=1S/C18H14N2O3/c21-17-16(10-5-11-19-17)18(22)20-13-6-4-9-15(12-13)23-14-7-2-1-3-8-14/h1-12H,(H,19,21)(H,20,22). The summed E-state index contributed by atoms with van der Waals surface area (Å²) in [4.78, 5) is 26.2. The minimum Gasteiger partial charge on any atom is -0.457 e. The maximum atomic E-state index is 12.1. The predicted molar refractivity (Wildman–Crippen MR) is 88.0 cm³/mol. The largest absolute Gasteiger partial charge is 0.457 e. The van der Waals surface area contributed by atoms with Crippen LogP contribution in [-0.2, 0) is 0 Å². The van der Waals surface area contributed by atoms with E-state index < -0.39 is 11.5 Å². The molecule has 0 spiro atoms. The highest BCUT2D eigenvalue weighted by molar-refractivity contribution is 6.04. The second-order valence-corrected chi connectivity index (χ2v) is 4.81. The molecule has 5 nitrogen and oxygen atoms in total. The van der Waals surface area contributed by atoms with E-state index in [1.54, 1.807) is 30.3 Å². The first-order valence-electron chi connectivity index (χ1n) is 7.04. The SMILES string of the molecule is O=C(Nc1cccc(Oc2ccccc2)c1)c1ccc[nH]c1=O. The maximum Gasteiger partial charge on any atom is 0.261 e. The number of carbonyl (C=O) groups is 1. The molecular formula is C18H14N2O3. The van der Waals surface area contributed by atoms with Crippen LogP contribution in [0.1, 0.15) is 10.4 Å². The molecule has 0 saturated carbocycles. The lowest BCUT2D eigenvalue weighted by Gasteiger charge is -2.08. The van der Waals surface area contributed by atoms with E-state index in [2.05, 4.69) is 10.3 Å². The summed E-state index contributed by atoms with van der Waals surface area (Å²) in [7, 11) is 0. The lowest BCUT2D eigenvalue weighted by molar-refractivity contribution is 0.102. The number of rotatable bonds is 4. The lowest BCUT2D eigenvalue weighted by atomic mass is 10.2. The van der Waals surface area contributed by atoms with Crippen molar-refractivity contribution in [3.05, 3.63) is 88.8 Å². The Balaban J connectivity index is 1.77. The number of carbonyl (C=O) groups excluding carboxylic acids is 1. The molecule has 0 aliphatic heterocycles. The Morgan fingerprint density at radius 2 is 1.70 bits per heavy atom. The number of anilines is 1. The van der Waals surface area contributed by atoms with Crippen LogP contribution in [0, 0.1) is 0 Å². The van der Waals surface area contributed by atoms with Crippen molar-refractivity contribution in [2.75, 3.05) is 5.32 Å². The zero-order chi connectivity index (χ0) is 16.1. The molecule has 0 atom stereocenters. The summed E-state index contributed by atoms with van der Waals surface area (Å²) < 4.78 is 5.71. The Bertz CT molecular complexity index is 872. The number of amides is 1. The second-order valence-electron chi connectivity index (χ2n) is 4.81. The van der Waals surface area contributed by atoms with Crippen LogP contribution in [0.5, 0.6) is 11.5 Å². The average molecular weight is 306 g/mol. The molecule has 0 aliphatic rings. The number of benzene rings is 2. The highest BCUT2D eigenvalue weighted by atomic mass is 16.5. The van der Waals surface area contributed by atoms with Crippen molar-refractivity contribution in [2.45, 2.75) is 0 Å². The summed E-state index contributed by atoms with van der Waals surface area (Å²) in [5.41, 5.74) is 0.176. The van der Waals surface area contributed by atoms with Crippen LogP contribution >= 0.6 is 0 Å². The molecule has 0 radical (unpaired) electrons. The summed E-state index contributed by atoms with van der Waals surface area (Å²) in [6, 6.07) is 19.4. The highest BCUT2D eigenvalue weighted by Crippen LogP contribution is 2.23. The topological polar surface area (TPSA) is 71.2 Å². The zero-order valence-electron chi connectivity index (χ0n) is 12.2. The van der Waals surface area contributed by atoms with Crippen LogP contribution in [0.2, 0.25) is 0 Å². The number of H-pyrrole nitrogens is 1. The number of aromatic nitrogens is 1. The van der Waals surface area contributed by atoms with Gasteiger partial charge >= 0.3 is 0 Å². The first-order chi connectivity index (χ1) is 11.2. The predicted octanol–water partition coefficient (Wildman–Crippen LogP) is 3.42. The van der Waals surface area contributed by atoms with E-state index >= 15 is 0 Å². The van der Waals surface area contributed by atoms with Gasteiger partial charge in [0, 0.05) is 18.0 Å². The molecule has 3 rings (SSSR count). The van der Waals surface area contributed by atoms with E-state index in [0.717, 1.165) is 0 Å². The summed E-state index contributed by atoms with van der Waals surface area (Å²) in [5.74, 6) is 0.829. The van der Waals surface area contributed by atoms with Gasteiger partial charge in [0.2, 0.25) is 0 Å². The Morgan fingerprint density at radius 3 is 2.48 bits per heavy atom. The molecule has 0 aliphatic carbocycles. The highest BCUT2D eigenvalue weighted by Gasteiger charge is 2.10. The minimum absolute atomic E-state index is 0.0573. The molecule has 0 bridgehead atoms. The number of nitrogens with one attached hydrogen (secondary N) is 2. The van der Waals surface area contributed by atoms with Gasteiger partial charge in [-0.2, -0.15) is 0 Å². The maximum absolute atomic E-state index is 12.1. The number of ether oxygens (including phenoxy) is 1. The summed E-state index contributed by atoms with van der Waals surface area (Å²) in [6.07, 6.45) is 1.48. The molecule has 1 aromatic heterocycles. The van der Waals surface area contributed by atoms with Gasteiger partial charge in [0.15, 0.2) is 0 Å². The Kier molecular flexibility index (Phi) is 4.20. The van der Waals surface area contributed by atoms with Crippen molar-refractivity contribution in [1.82, 2.24) is 4.98 Å². The summed E-state index contributed by atoms with van der Waals surface area (Å²) in [5, 5.41) is 2.69. The molecular weight excluding hydrogens is 292 g/mol. The molecule has 114 valence electrons. The van der Waals surface area contributed by atoms with E-state index in [-0.39, 0.29) is 5.56 Å². The van der Waals surface area contributed by atoms with Crippen molar-refractivity contribution in [1.29, 1.82) is 0 Å². The van der Waals surface area contributed by atoms with Crippen LogP contribution in [0.4, 0.5) is 5.69 Å². The zero-order valence-corrected chi connectivity index (χ0v) is 12.2. The summed E-state index contributed by atoms with van der Waals surface area (Å²) in [6.45, 7) is 0. The molecule has 2 aromatic carbocycles. The lowest BCUT2D eigenvalue weighted by Crippen LogP contribution is -2.22. The smallest absolute Gasteiger partial charge is 0.261 e. The summed E-state index contributed by atoms with van der Waals surface area (Å²) >= 11 is 0. The average Bonchev–Trinajstić information content (AvgIpc) is 2.56. The number of pyridine rings is 1. The van der Waals surface area contributed by atoms with Crippen molar-refractivity contribution in [2.24, 2.45) is 0 Å². The van der Waals surface area contributed by atoms with Crippen LogP contribution in [0.3, 0.4) is 0 Å². The van der Waals surface area contributed by atoms with Crippen molar-refractivity contribution >= 4 is 11.6 Å². The van der Waals surface area contributed by atoms with Crippen molar-refractivity contribution in [3.63, 3.8) is 0 Å². The van der Waals surface area contributed by atoms with Gasteiger partial charge in [0.05, 0.1) is 0 Å². The Labute approximate surface area is 132 Å². The van der Waals surface area contributed by atoms with Gasteiger partial charge in [0.1, 0.15) is 17.1 Å². The second kappa shape index (κ2) is 6.62. The molecule has 0 fully saturated rings. The third-order valence-electron chi connectivity index (χ3n) is 3.13. The van der Waals surface area contributed by atoms with Gasteiger partial charge in [-0.15, -0.1) is 0 Å². The quantitative estimate of drug-likeness (QED) is 0.776. The number of aromatic amines is 1. The van der Waals surface area contributed by atoms with E-state index in [0.29, 0.717) is 17.2 Å². The van der Waals surface area contributed by atoms with Crippen molar-refractivity contribution in [3.8, 4) is 11.5 Å². The minimum atomic E-state index is -0.469. The first kappa shape index (κ1) is 14.6. The van der Waals surface area contributed by atoms with Gasteiger partial charge in [0.25, 0.3) is 11.5 Å². The molecule has 23 heavy (non-hydrogen) atoms. The molecule has 1 amide bonds. The van der Waals surface area contributed by atoms with Gasteiger partial charge in [-0.05, 0) is 36.4 Å². The molecule has 1 heterocycles. The molecule has 5 heteroatoms. The Hall–Kier alpha value is -3.34. The number of para-hydroxylation sites is 1. The van der Waals surface area contributed by atoms with Crippen LogP contribution in [0.25, 0.3) is 0 Å². The van der Waals surface area contributed by atoms with Gasteiger partial charge in [-0.1, -0.05) is 24.3 Å². The number of hydrogen-bond donors (Lipinski definition) is 2. The molecule has 2 N–H and O–H groups in total. The van der Waals surface area contributed by atoms with Crippen molar-refractivity contribution < 1.29 is 9.53 Å². The molecule has 0 saturated heterocycles. The van der Waals surface area contributed by atoms with Crippen LogP contribution in [-0.4, -0.2) is 10.9 Å². The third kappa shape index (κ3) is 3.65. The Morgan fingerprint density at radius 1 is 0.913 bits per heavy atom. The third-order valence-corrected chi connectivity index (χ3v) is 3.13. The van der Waals surface area contributed by atoms with Gasteiger partial charge in [-0.3, -0.25) is 9.59 Å². The van der Waals surface area contributed by atoms with E-state index in [1.165, 1.54) is 12.3 Å². The fourth-order valence-electron chi connectivity index (χ4n) is 2.06. The van der Waals surface area contributed by atoms with Gasteiger partial charge < -0.3 is 15.0 Å². The fraction of sp³-hybridized carbons (Fsp3) is 0. The molecule has 0 unspecified atom stereocenters. The monoisotopic (exact) mass is 306 g/mol.